The van der Waals surface area contributed by atoms with Gasteiger partial charge in [0.1, 0.15) is 0 Å². The second kappa shape index (κ2) is 5.05. The Morgan fingerprint density at radius 2 is 1.70 bits per heavy atom. The van der Waals surface area contributed by atoms with E-state index in [1.54, 1.807) is 24.3 Å². The van der Waals surface area contributed by atoms with Gasteiger partial charge in [-0.25, -0.2) is 8.42 Å². The first-order valence-corrected chi connectivity index (χ1v) is 7.99. The summed E-state index contributed by atoms with van der Waals surface area (Å²) in [5.41, 5.74) is 1.25. The van der Waals surface area contributed by atoms with Gasteiger partial charge in [-0.05, 0) is 30.9 Å². The van der Waals surface area contributed by atoms with Gasteiger partial charge in [-0.3, -0.25) is 9.52 Å². The number of allylic oxidation sites excluding steroid dienone is 2. The van der Waals surface area contributed by atoms with Crippen LogP contribution in [0.15, 0.2) is 40.9 Å². The van der Waals surface area contributed by atoms with Crippen LogP contribution >= 0.6 is 0 Å². The molecule has 0 radical (unpaired) electrons. The molecule has 1 aromatic carbocycles. The highest BCUT2D eigenvalue weighted by molar-refractivity contribution is 7.89. The van der Waals surface area contributed by atoms with Crippen molar-refractivity contribution in [2.75, 3.05) is 0 Å². The maximum absolute atomic E-state index is 12.3. The highest BCUT2D eigenvalue weighted by atomic mass is 32.2. The molecule has 4 nitrogen and oxygen atoms in total. The topological polar surface area (TPSA) is 63.2 Å². The van der Waals surface area contributed by atoms with Crippen LogP contribution < -0.4 is 4.72 Å². The second-order valence-corrected chi connectivity index (χ2v) is 7.75. The minimum atomic E-state index is -3.62. The van der Waals surface area contributed by atoms with E-state index in [0.29, 0.717) is 18.5 Å². The van der Waals surface area contributed by atoms with Gasteiger partial charge < -0.3 is 0 Å². The molecule has 0 bridgehead atoms. The van der Waals surface area contributed by atoms with Crippen molar-refractivity contribution >= 4 is 15.8 Å². The van der Waals surface area contributed by atoms with Crippen molar-refractivity contribution < 1.29 is 13.2 Å². The van der Waals surface area contributed by atoms with Gasteiger partial charge in [0.15, 0.2) is 5.78 Å². The molecule has 1 N–H and O–H groups in total. The predicted octanol–water partition coefficient (Wildman–Crippen LogP) is 2.55. The quantitative estimate of drug-likeness (QED) is 0.931. The molecule has 1 aliphatic rings. The summed E-state index contributed by atoms with van der Waals surface area (Å²) in [6.07, 6.45) is 2.39. The van der Waals surface area contributed by atoms with Crippen LogP contribution in [0.4, 0.5) is 0 Å². The van der Waals surface area contributed by atoms with Gasteiger partial charge in [0.2, 0.25) is 0 Å². The second-order valence-electron chi connectivity index (χ2n) is 6.07. The molecule has 5 heteroatoms. The molecule has 0 amide bonds. The lowest BCUT2D eigenvalue weighted by molar-refractivity contribution is -0.117. The summed E-state index contributed by atoms with van der Waals surface area (Å²) < 4.78 is 27.1. The van der Waals surface area contributed by atoms with Crippen LogP contribution in [0.5, 0.6) is 0 Å². The largest absolute Gasteiger partial charge is 0.295 e. The highest BCUT2D eigenvalue weighted by Crippen LogP contribution is 2.33. The number of rotatable bonds is 3. The lowest BCUT2D eigenvalue weighted by atomic mass is 9.79. The number of hydrogen-bond donors (Lipinski definition) is 1. The SMILES string of the molecule is Cc1ccc(S(=O)(=O)NC2=CC(=O)CC(C)(C)C2)cc1. The number of carbonyl (C=O) groups excluding carboxylic acids is 1. The highest BCUT2D eigenvalue weighted by Gasteiger charge is 2.29. The Hall–Kier alpha value is -1.62. The van der Waals surface area contributed by atoms with Crippen LogP contribution in [0, 0.1) is 12.3 Å². The lowest BCUT2D eigenvalue weighted by Gasteiger charge is -2.29. The monoisotopic (exact) mass is 293 g/mol. The van der Waals surface area contributed by atoms with Crippen molar-refractivity contribution in [3.8, 4) is 0 Å². The number of ketones is 1. The first kappa shape index (κ1) is 14.8. The fraction of sp³-hybridized carbons (Fsp3) is 0.400. The molecule has 0 unspecified atom stereocenters. The molecule has 0 saturated carbocycles. The molecule has 0 saturated heterocycles. The smallest absolute Gasteiger partial charge is 0.261 e. The predicted molar refractivity (Wildman–Crippen MR) is 77.6 cm³/mol. The standard InChI is InChI=1S/C15H19NO3S/c1-11-4-6-14(7-5-11)20(18,19)16-12-8-13(17)10-15(2,3)9-12/h4-8,16H,9-10H2,1-3H3. The third-order valence-corrected chi connectivity index (χ3v) is 4.68. The van der Waals surface area contributed by atoms with E-state index in [0.717, 1.165) is 5.56 Å². The zero-order chi connectivity index (χ0) is 15.0. The van der Waals surface area contributed by atoms with Crippen LogP contribution in [-0.4, -0.2) is 14.2 Å². The normalized spacial score (nSPS) is 18.6. The lowest BCUT2D eigenvalue weighted by Crippen LogP contribution is -2.31. The van der Waals surface area contributed by atoms with Crippen molar-refractivity contribution in [2.45, 2.75) is 38.5 Å². The van der Waals surface area contributed by atoms with Gasteiger partial charge >= 0.3 is 0 Å². The van der Waals surface area contributed by atoms with Crippen molar-refractivity contribution in [3.05, 3.63) is 41.6 Å². The summed E-state index contributed by atoms with van der Waals surface area (Å²) in [7, 11) is -3.62. The number of sulfonamides is 1. The van der Waals surface area contributed by atoms with Gasteiger partial charge in [0, 0.05) is 18.2 Å². The van der Waals surface area contributed by atoms with E-state index in [-0.39, 0.29) is 16.1 Å². The Morgan fingerprint density at radius 1 is 1.10 bits per heavy atom. The number of nitrogens with one attached hydrogen (secondary N) is 1. The molecule has 2 rings (SSSR count). The van der Waals surface area contributed by atoms with Gasteiger partial charge in [-0.15, -0.1) is 0 Å². The van der Waals surface area contributed by atoms with Gasteiger partial charge in [0.25, 0.3) is 10.0 Å². The van der Waals surface area contributed by atoms with Gasteiger partial charge in [0.05, 0.1) is 4.90 Å². The van der Waals surface area contributed by atoms with E-state index in [2.05, 4.69) is 4.72 Å². The number of aryl methyl sites for hydroxylation is 1. The molecule has 20 heavy (non-hydrogen) atoms. The maximum atomic E-state index is 12.3. The zero-order valence-electron chi connectivity index (χ0n) is 11.9. The summed E-state index contributed by atoms with van der Waals surface area (Å²) in [5.74, 6) is -0.0390. The van der Waals surface area contributed by atoms with Crippen LogP contribution in [0.25, 0.3) is 0 Å². The third kappa shape index (κ3) is 3.48. The van der Waals surface area contributed by atoms with E-state index in [1.807, 2.05) is 20.8 Å². The Kier molecular flexibility index (Phi) is 3.73. The average molecular weight is 293 g/mol. The van der Waals surface area contributed by atoms with E-state index in [1.165, 1.54) is 6.08 Å². The van der Waals surface area contributed by atoms with Crippen molar-refractivity contribution in [1.29, 1.82) is 0 Å². The van der Waals surface area contributed by atoms with Crippen molar-refractivity contribution in [2.24, 2.45) is 5.41 Å². The first-order chi connectivity index (χ1) is 9.18. The van der Waals surface area contributed by atoms with Crippen LogP contribution in [0.1, 0.15) is 32.3 Å². The van der Waals surface area contributed by atoms with Gasteiger partial charge in [-0.2, -0.15) is 0 Å². The molecule has 1 aromatic rings. The number of benzene rings is 1. The molecular formula is C15H19NO3S. The summed E-state index contributed by atoms with van der Waals surface area (Å²) in [6.45, 7) is 5.81. The average Bonchev–Trinajstić information content (AvgIpc) is 2.25. The van der Waals surface area contributed by atoms with E-state index >= 15 is 0 Å². The molecule has 0 aromatic heterocycles. The molecule has 0 atom stereocenters. The van der Waals surface area contributed by atoms with E-state index in [9.17, 15) is 13.2 Å². The Labute approximate surface area is 119 Å². The summed E-state index contributed by atoms with van der Waals surface area (Å²) >= 11 is 0. The van der Waals surface area contributed by atoms with Crippen LogP contribution in [0.3, 0.4) is 0 Å². The van der Waals surface area contributed by atoms with Crippen molar-refractivity contribution in [3.63, 3.8) is 0 Å². The first-order valence-electron chi connectivity index (χ1n) is 6.51. The van der Waals surface area contributed by atoms with Crippen molar-refractivity contribution in [1.82, 2.24) is 4.72 Å². The summed E-state index contributed by atoms with van der Waals surface area (Å²) in [4.78, 5) is 11.9. The van der Waals surface area contributed by atoms with Crippen LogP contribution in [-0.2, 0) is 14.8 Å². The van der Waals surface area contributed by atoms with E-state index in [4.69, 9.17) is 0 Å². The molecule has 0 fully saturated rings. The summed E-state index contributed by atoms with van der Waals surface area (Å²) in [6, 6.07) is 6.62. The fourth-order valence-electron chi connectivity index (χ4n) is 2.36. The van der Waals surface area contributed by atoms with E-state index < -0.39 is 10.0 Å². The molecule has 108 valence electrons. The fourth-order valence-corrected chi connectivity index (χ4v) is 3.45. The minimum Gasteiger partial charge on any atom is -0.295 e. The molecular weight excluding hydrogens is 274 g/mol. The van der Waals surface area contributed by atoms with Crippen LogP contribution in [0.2, 0.25) is 0 Å². The minimum absolute atomic E-state index is 0.0390. The summed E-state index contributed by atoms with van der Waals surface area (Å²) in [5, 5.41) is 0. The molecule has 0 aliphatic heterocycles. The Balaban J connectivity index is 2.25. The number of hydrogen-bond acceptors (Lipinski definition) is 3. The Morgan fingerprint density at radius 3 is 2.25 bits per heavy atom. The Bertz CT molecular complexity index is 655. The zero-order valence-corrected chi connectivity index (χ0v) is 12.8. The molecule has 0 heterocycles. The number of carbonyl (C=O) groups is 1. The molecule has 0 spiro atoms. The van der Waals surface area contributed by atoms with Gasteiger partial charge in [-0.1, -0.05) is 31.5 Å². The molecule has 1 aliphatic carbocycles. The third-order valence-electron chi connectivity index (χ3n) is 3.25. The maximum Gasteiger partial charge on any atom is 0.261 e.